The summed E-state index contributed by atoms with van der Waals surface area (Å²) >= 11 is 11.4. The third-order valence-electron chi connectivity index (χ3n) is 1.93. The highest BCUT2D eigenvalue weighted by Gasteiger charge is 2.09. The fraction of sp³-hybridized carbons (Fsp3) is 0.222. The molecule has 2 aromatic rings. The average molecular weight is 260 g/mol. The lowest BCUT2D eigenvalue weighted by Gasteiger charge is -2.02. The van der Waals surface area contributed by atoms with Crippen molar-refractivity contribution in [1.82, 2.24) is 14.9 Å². The van der Waals surface area contributed by atoms with E-state index in [4.69, 9.17) is 27.7 Å². The summed E-state index contributed by atoms with van der Waals surface area (Å²) in [5.74, 6) is 0.670. The van der Waals surface area contributed by atoms with Crippen LogP contribution < -0.4 is 5.56 Å². The van der Waals surface area contributed by atoms with Gasteiger partial charge < -0.3 is 4.52 Å². The maximum atomic E-state index is 11.6. The Morgan fingerprint density at radius 1 is 1.50 bits per heavy atom. The maximum Gasteiger partial charge on any atom is 0.287 e. The first-order valence-corrected chi connectivity index (χ1v) is 5.17. The number of hydrogen-bond donors (Lipinski definition) is 0. The first kappa shape index (κ1) is 11.2. The van der Waals surface area contributed by atoms with Crippen molar-refractivity contribution in [2.75, 3.05) is 0 Å². The molecule has 0 fully saturated rings. The first-order valence-electron chi connectivity index (χ1n) is 4.41. The van der Waals surface area contributed by atoms with Gasteiger partial charge in [-0.2, -0.15) is 5.10 Å². The smallest absolute Gasteiger partial charge is 0.287 e. The molecule has 0 radical (unpaired) electrons. The predicted molar refractivity (Wildman–Crippen MR) is 58.9 cm³/mol. The average Bonchev–Trinajstić information content (AvgIpc) is 2.65. The van der Waals surface area contributed by atoms with E-state index >= 15 is 0 Å². The molecule has 0 spiro atoms. The third kappa shape index (κ3) is 2.10. The van der Waals surface area contributed by atoms with Crippen molar-refractivity contribution in [2.24, 2.45) is 0 Å². The van der Waals surface area contributed by atoms with Gasteiger partial charge in [0, 0.05) is 6.07 Å². The minimum atomic E-state index is -0.449. The highest BCUT2D eigenvalue weighted by Crippen LogP contribution is 2.14. The first-order chi connectivity index (χ1) is 7.58. The SMILES string of the molecule is Cc1cc(Cn2ncc(Cl)c(Cl)c2=O)no1. The molecule has 5 nitrogen and oxygen atoms in total. The number of hydrogen-bond acceptors (Lipinski definition) is 4. The van der Waals surface area contributed by atoms with Gasteiger partial charge in [0.25, 0.3) is 5.56 Å². The van der Waals surface area contributed by atoms with Crippen molar-refractivity contribution in [3.05, 3.63) is 44.1 Å². The monoisotopic (exact) mass is 259 g/mol. The van der Waals surface area contributed by atoms with Crippen LogP contribution in [0.2, 0.25) is 10.0 Å². The Hall–Kier alpha value is -1.33. The van der Waals surface area contributed by atoms with E-state index in [1.165, 1.54) is 10.9 Å². The Morgan fingerprint density at radius 2 is 2.25 bits per heavy atom. The Kier molecular flexibility index (Phi) is 2.98. The second-order valence-corrected chi connectivity index (χ2v) is 3.98. The highest BCUT2D eigenvalue weighted by atomic mass is 35.5. The molecule has 0 amide bonds. The normalized spacial score (nSPS) is 10.7. The molecular formula is C9H7Cl2N3O2. The molecule has 0 aromatic carbocycles. The second-order valence-electron chi connectivity index (χ2n) is 3.20. The van der Waals surface area contributed by atoms with Crippen LogP contribution in [0.5, 0.6) is 0 Å². The van der Waals surface area contributed by atoms with Gasteiger partial charge in [0.2, 0.25) is 0 Å². The molecule has 0 saturated heterocycles. The molecule has 7 heteroatoms. The van der Waals surface area contributed by atoms with Crippen LogP contribution in [0.3, 0.4) is 0 Å². The highest BCUT2D eigenvalue weighted by molar-refractivity contribution is 6.41. The molecule has 84 valence electrons. The molecule has 2 heterocycles. The van der Waals surface area contributed by atoms with Crippen molar-refractivity contribution in [2.45, 2.75) is 13.5 Å². The van der Waals surface area contributed by atoms with E-state index in [0.29, 0.717) is 11.5 Å². The van der Waals surface area contributed by atoms with Crippen LogP contribution in [0.4, 0.5) is 0 Å². The van der Waals surface area contributed by atoms with Gasteiger partial charge in [0.05, 0.1) is 17.8 Å². The summed E-state index contributed by atoms with van der Waals surface area (Å²) in [4.78, 5) is 11.6. The van der Waals surface area contributed by atoms with Crippen LogP contribution in [0.25, 0.3) is 0 Å². The molecule has 0 unspecified atom stereocenters. The van der Waals surface area contributed by atoms with Crippen molar-refractivity contribution >= 4 is 23.2 Å². The molecule has 2 aromatic heterocycles. The van der Waals surface area contributed by atoms with E-state index in [-0.39, 0.29) is 16.6 Å². The van der Waals surface area contributed by atoms with Crippen LogP contribution in [0.1, 0.15) is 11.5 Å². The molecule has 0 aliphatic heterocycles. The second kappa shape index (κ2) is 4.27. The van der Waals surface area contributed by atoms with Gasteiger partial charge in [0.1, 0.15) is 16.5 Å². The van der Waals surface area contributed by atoms with E-state index in [2.05, 4.69) is 10.3 Å². The third-order valence-corrected chi connectivity index (χ3v) is 2.68. The number of aromatic nitrogens is 3. The van der Waals surface area contributed by atoms with Gasteiger partial charge in [-0.05, 0) is 6.92 Å². The molecule has 2 rings (SSSR count). The minimum Gasteiger partial charge on any atom is -0.361 e. The zero-order valence-electron chi connectivity index (χ0n) is 8.28. The number of aryl methyl sites for hydroxylation is 1. The van der Waals surface area contributed by atoms with Gasteiger partial charge in [-0.25, -0.2) is 4.68 Å². The predicted octanol–water partition coefficient (Wildman–Crippen LogP) is 1.89. The summed E-state index contributed by atoms with van der Waals surface area (Å²) in [6.45, 7) is 1.97. The van der Waals surface area contributed by atoms with Crippen LogP contribution in [0, 0.1) is 6.92 Å². The van der Waals surface area contributed by atoms with Gasteiger partial charge in [-0.3, -0.25) is 4.79 Å². The number of nitrogens with zero attached hydrogens (tertiary/aromatic N) is 3. The molecule has 0 bridgehead atoms. The van der Waals surface area contributed by atoms with E-state index in [1.807, 2.05) is 0 Å². The molecule has 0 atom stereocenters. The Labute approximate surface area is 101 Å². The zero-order valence-corrected chi connectivity index (χ0v) is 9.79. The largest absolute Gasteiger partial charge is 0.361 e. The van der Waals surface area contributed by atoms with E-state index in [0.717, 1.165) is 0 Å². The molecule has 0 N–H and O–H groups in total. The summed E-state index contributed by atoms with van der Waals surface area (Å²) in [7, 11) is 0. The van der Waals surface area contributed by atoms with Gasteiger partial charge in [-0.15, -0.1) is 0 Å². The van der Waals surface area contributed by atoms with E-state index < -0.39 is 5.56 Å². The summed E-state index contributed by atoms with van der Waals surface area (Å²) in [5.41, 5.74) is 0.153. The van der Waals surface area contributed by atoms with Crippen LogP contribution in [-0.2, 0) is 6.54 Å². The zero-order chi connectivity index (χ0) is 11.7. The molecule has 0 saturated carbocycles. The standard InChI is InChI=1S/C9H7Cl2N3O2/c1-5-2-6(13-16-5)4-14-9(15)8(11)7(10)3-12-14/h2-3H,4H2,1H3. The fourth-order valence-electron chi connectivity index (χ4n) is 1.20. The van der Waals surface area contributed by atoms with E-state index in [1.54, 1.807) is 13.0 Å². The maximum absolute atomic E-state index is 11.6. The van der Waals surface area contributed by atoms with Crippen LogP contribution in [0.15, 0.2) is 21.6 Å². The number of halogens is 2. The Morgan fingerprint density at radius 3 is 2.88 bits per heavy atom. The number of rotatable bonds is 2. The molecular weight excluding hydrogens is 253 g/mol. The van der Waals surface area contributed by atoms with Gasteiger partial charge in [-0.1, -0.05) is 28.4 Å². The quantitative estimate of drug-likeness (QED) is 0.827. The summed E-state index contributed by atoms with van der Waals surface area (Å²) in [6, 6.07) is 1.72. The fourth-order valence-corrected chi connectivity index (χ4v) is 1.47. The van der Waals surface area contributed by atoms with Crippen molar-refractivity contribution in [3.63, 3.8) is 0 Å². The Bertz CT molecular complexity index is 576. The van der Waals surface area contributed by atoms with Crippen LogP contribution in [-0.4, -0.2) is 14.9 Å². The van der Waals surface area contributed by atoms with E-state index in [9.17, 15) is 4.79 Å². The molecule has 0 aliphatic carbocycles. The lowest BCUT2D eigenvalue weighted by molar-refractivity contribution is 0.387. The molecule has 0 aliphatic rings. The lowest BCUT2D eigenvalue weighted by Crippen LogP contribution is -2.23. The molecule has 16 heavy (non-hydrogen) atoms. The minimum absolute atomic E-state index is 0.0446. The Balaban J connectivity index is 2.36. The summed E-state index contributed by atoms with van der Waals surface area (Å²) in [6.07, 6.45) is 1.32. The van der Waals surface area contributed by atoms with Crippen molar-refractivity contribution < 1.29 is 4.52 Å². The van der Waals surface area contributed by atoms with Gasteiger partial charge in [0.15, 0.2) is 0 Å². The topological polar surface area (TPSA) is 60.9 Å². The summed E-state index contributed by atoms with van der Waals surface area (Å²) in [5, 5.41) is 7.70. The van der Waals surface area contributed by atoms with Gasteiger partial charge >= 0.3 is 0 Å². The summed E-state index contributed by atoms with van der Waals surface area (Å²) < 4.78 is 6.05. The van der Waals surface area contributed by atoms with Crippen LogP contribution >= 0.6 is 23.2 Å². The lowest BCUT2D eigenvalue weighted by atomic mass is 10.4. The van der Waals surface area contributed by atoms with Crippen molar-refractivity contribution in [3.8, 4) is 0 Å². The van der Waals surface area contributed by atoms with Crippen molar-refractivity contribution in [1.29, 1.82) is 0 Å².